The molecule has 0 bridgehead atoms. The quantitative estimate of drug-likeness (QED) is 0.219. The molecule has 1 nitrogen and oxygen atoms in total. The highest BCUT2D eigenvalue weighted by atomic mass is 35.6. The van der Waals surface area contributed by atoms with Gasteiger partial charge in [-0.25, -0.2) is 4.39 Å². The first-order chi connectivity index (χ1) is 15.8. The molecule has 0 unspecified atom stereocenters. The number of halogens is 5. The predicted molar refractivity (Wildman–Crippen MR) is 128 cm³/mol. The maximum absolute atomic E-state index is 14.9. The molecule has 0 spiro atoms. The van der Waals surface area contributed by atoms with Crippen LogP contribution in [-0.2, 0) is 0 Å². The highest BCUT2D eigenvalue weighted by Crippen LogP contribution is 2.40. The van der Waals surface area contributed by atoms with Crippen molar-refractivity contribution in [2.24, 2.45) is 11.8 Å². The maximum atomic E-state index is 14.9. The summed E-state index contributed by atoms with van der Waals surface area (Å²) >= 11 is 6.36. The van der Waals surface area contributed by atoms with E-state index in [9.17, 15) is 17.6 Å². The maximum Gasteiger partial charge on any atom is 0.573 e. The number of ether oxygens (including phenoxy) is 1. The standard InChI is InChI=1S/C26H31ClF4OSi/c27-33-15-13-19(14-16-33)2-1-18-3-5-20(6-4-18)22-9-12-24(25(28)17-22)21-7-10-23(11-8-21)32-26(29,30)31/h7-12,17-20,33H,1-6,13-16H2. The van der Waals surface area contributed by atoms with Gasteiger partial charge in [-0.15, -0.1) is 13.2 Å². The van der Waals surface area contributed by atoms with E-state index in [1.807, 2.05) is 6.07 Å². The Hall–Kier alpha value is -1.53. The molecule has 0 N–H and O–H groups in total. The summed E-state index contributed by atoms with van der Waals surface area (Å²) in [4.78, 5) is 0. The number of benzene rings is 2. The summed E-state index contributed by atoms with van der Waals surface area (Å²) in [6.45, 7) is 0. The first-order valence-electron chi connectivity index (χ1n) is 12.1. The van der Waals surface area contributed by atoms with Crippen molar-refractivity contribution in [1.29, 1.82) is 0 Å². The van der Waals surface area contributed by atoms with Gasteiger partial charge in [0.25, 0.3) is 0 Å². The lowest BCUT2D eigenvalue weighted by atomic mass is 9.76. The molecular formula is C26H31ClF4OSi. The molecular weight excluding hydrogens is 468 g/mol. The Morgan fingerprint density at radius 1 is 0.848 bits per heavy atom. The monoisotopic (exact) mass is 498 g/mol. The van der Waals surface area contributed by atoms with Crippen LogP contribution in [0, 0.1) is 17.7 Å². The molecule has 0 amide bonds. The molecule has 0 atom stereocenters. The summed E-state index contributed by atoms with van der Waals surface area (Å²) in [6.07, 6.45) is 5.17. The van der Waals surface area contributed by atoms with Crippen molar-refractivity contribution in [1.82, 2.24) is 0 Å². The molecule has 1 heterocycles. The Labute approximate surface area is 199 Å². The van der Waals surface area contributed by atoms with Gasteiger partial charge >= 0.3 is 6.36 Å². The zero-order chi connectivity index (χ0) is 23.4. The molecule has 0 radical (unpaired) electrons. The van der Waals surface area contributed by atoms with Gasteiger partial charge in [0.1, 0.15) is 19.7 Å². The summed E-state index contributed by atoms with van der Waals surface area (Å²) in [6, 6.07) is 13.2. The Bertz CT molecular complexity index is 901. The molecule has 1 aliphatic heterocycles. The molecule has 33 heavy (non-hydrogen) atoms. The van der Waals surface area contributed by atoms with Crippen LogP contribution in [0.4, 0.5) is 17.6 Å². The lowest BCUT2D eigenvalue weighted by molar-refractivity contribution is -0.274. The van der Waals surface area contributed by atoms with Crippen LogP contribution < -0.4 is 4.74 Å². The van der Waals surface area contributed by atoms with Crippen molar-refractivity contribution in [3.05, 3.63) is 53.8 Å². The average molecular weight is 499 g/mol. The van der Waals surface area contributed by atoms with Gasteiger partial charge in [-0.05, 0) is 84.9 Å². The Kier molecular flexibility index (Phi) is 8.05. The number of rotatable bonds is 6. The molecule has 7 heteroatoms. The Balaban J connectivity index is 1.29. The second-order valence-corrected chi connectivity index (χ2v) is 13.9. The van der Waals surface area contributed by atoms with Crippen molar-refractivity contribution in [2.75, 3.05) is 0 Å². The van der Waals surface area contributed by atoms with Crippen molar-refractivity contribution in [3.63, 3.8) is 0 Å². The fourth-order valence-corrected chi connectivity index (χ4v) is 8.23. The van der Waals surface area contributed by atoms with Gasteiger partial charge in [0.2, 0.25) is 0 Å². The van der Waals surface area contributed by atoms with Crippen molar-refractivity contribution < 1.29 is 22.3 Å². The fraction of sp³-hybridized carbons (Fsp3) is 0.538. The van der Waals surface area contributed by atoms with Gasteiger partial charge < -0.3 is 4.74 Å². The smallest absolute Gasteiger partial charge is 0.406 e. The van der Waals surface area contributed by atoms with Gasteiger partial charge in [0.15, 0.2) is 0 Å². The minimum Gasteiger partial charge on any atom is -0.406 e. The minimum absolute atomic E-state index is 0.311. The summed E-state index contributed by atoms with van der Waals surface area (Å²) in [5.41, 5.74) is 1.95. The summed E-state index contributed by atoms with van der Waals surface area (Å²) in [5, 5.41) is 0. The topological polar surface area (TPSA) is 9.23 Å². The molecule has 2 aliphatic rings. The van der Waals surface area contributed by atoms with Crippen molar-refractivity contribution >= 4 is 19.2 Å². The number of hydrogen-bond acceptors (Lipinski definition) is 1. The normalized spacial score (nSPS) is 26.2. The zero-order valence-corrected chi connectivity index (χ0v) is 20.6. The van der Waals surface area contributed by atoms with E-state index < -0.39 is 14.5 Å². The van der Waals surface area contributed by atoms with Crippen LogP contribution >= 0.6 is 11.1 Å². The molecule has 2 aromatic rings. The van der Waals surface area contributed by atoms with Gasteiger partial charge in [0, 0.05) is 5.56 Å². The van der Waals surface area contributed by atoms with E-state index in [-0.39, 0.29) is 11.6 Å². The minimum atomic E-state index is -4.74. The van der Waals surface area contributed by atoms with E-state index in [0.29, 0.717) is 17.0 Å². The van der Waals surface area contributed by atoms with E-state index in [2.05, 4.69) is 4.74 Å². The van der Waals surface area contributed by atoms with E-state index in [0.717, 1.165) is 30.2 Å². The molecule has 2 aromatic carbocycles. The first kappa shape index (κ1) is 24.6. The van der Waals surface area contributed by atoms with Crippen LogP contribution in [0.25, 0.3) is 11.1 Å². The summed E-state index contributed by atoms with van der Waals surface area (Å²) < 4.78 is 55.8. The van der Waals surface area contributed by atoms with Crippen LogP contribution in [0.3, 0.4) is 0 Å². The SMILES string of the molecule is Fc1cc(C2CCC(CCC3CC[SiH](Cl)CC3)CC2)ccc1-c1ccc(OC(F)(F)F)cc1. The van der Waals surface area contributed by atoms with Crippen molar-refractivity contribution in [2.45, 2.75) is 75.7 Å². The highest BCUT2D eigenvalue weighted by molar-refractivity contribution is 7.07. The molecule has 180 valence electrons. The Morgan fingerprint density at radius 3 is 2.03 bits per heavy atom. The van der Waals surface area contributed by atoms with Crippen LogP contribution in [0.2, 0.25) is 12.1 Å². The van der Waals surface area contributed by atoms with Crippen LogP contribution in [-0.4, -0.2) is 14.5 Å². The fourth-order valence-electron chi connectivity index (χ4n) is 5.52. The van der Waals surface area contributed by atoms with E-state index in [4.69, 9.17) is 11.1 Å². The van der Waals surface area contributed by atoms with Gasteiger partial charge in [-0.2, -0.15) is 11.1 Å². The van der Waals surface area contributed by atoms with E-state index in [1.54, 1.807) is 12.1 Å². The van der Waals surface area contributed by atoms with Crippen LogP contribution in [0.15, 0.2) is 42.5 Å². The van der Waals surface area contributed by atoms with Gasteiger partial charge in [0.05, 0.1) is 0 Å². The third-order valence-electron chi connectivity index (χ3n) is 7.47. The van der Waals surface area contributed by atoms with Crippen LogP contribution in [0.1, 0.15) is 62.8 Å². The summed E-state index contributed by atoms with van der Waals surface area (Å²) in [7, 11) is -0.879. The molecule has 0 aromatic heterocycles. The zero-order valence-electron chi connectivity index (χ0n) is 18.7. The highest BCUT2D eigenvalue weighted by Gasteiger charge is 2.31. The average Bonchev–Trinajstić information content (AvgIpc) is 2.79. The Morgan fingerprint density at radius 2 is 1.45 bits per heavy atom. The molecule has 1 saturated heterocycles. The summed E-state index contributed by atoms with van der Waals surface area (Å²) in [5.74, 6) is 1.39. The van der Waals surface area contributed by atoms with Crippen molar-refractivity contribution in [3.8, 4) is 16.9 Å². The third-order valence-corrected chi connectivity index (χ3v) is 10.7. The number of alkyl halides is 3. The lowest BCUT2D eigenvalue weighted by Crippen LogP contribution is -2.18. The molecule has 2 fully saturated rings. The van der Waals surface area contributed by atoms with Gasteiger partial charge in [-0.3, -0.25) is 0 Å². The molecule has 1 aliphatic carbocycles. The second kappa shape index (κ2) is 10.8. The second-order valence-electron chi connectivity index (χ2n) is 9.72. The van der Waals surface area contributed by atoms with E-state index in [1.165, 1.54) is 74.9 Å². The lowest BCUT2D eigenvalue weighted by Gasteiger charge is -2.31. The molecule has 1 saturated carbocycles. The number of hydrogen-bond donors (Lipinski definition) is 0. The van der Waals surface area contributed by atoms with Crippen LogP contribution in [0.5, 0.6) is 5.75 Å². The third kappa shape index (κ3) is 6.98. The first-order valence-corrected chi connectivity index (χ1v) is 15.4. The van der Waals surface area contributed by atoms with E-state index >= 15 is 0 Å². The predicted octanol–water partition coefficient (Wildman–Crippen LogP) is 8.82. The van der Waals surface area contributed by atoms with Gasteiger partial charge in [-0.1, -0.05) is 49.9 Å². The largest absolute Gasteiger partial charge is 0.573 e. The molecule has 4 rings (SSSR count).